The smallest absolute Gasteiger partial charge is 0.258 e. The standard InChI is InChI=1S/C10H8F2N4O/c1-16-5-6(4-13-16)10(17)14-7-2-3-8(11)15-9(7)12/h2-5H,1H3,(H,14,17). The van der Waals surface area contributed by atoms with Gasteiger partial charge in [-0.15, -0.1) is 0 Å². The lowest BCUT2D eigenvalue weighted by Crippen LogP contribution is -2.13. The summed E-state index contributed by atoms with van der Waals surface area (Å²) in [6, 6.07) is 2.06. The summed E-state index contributed by atoms with van der Waals surface area (Å²) in [5.74, 6) is -2.55. The van der Waals surface area contributed by atoms with Crippen LogP contribution in [0.25, 0.3) is 0 Å². The Bertz CT molecular complexity index is 567. The topological polar surface area (TPSA) is 59.8 Å². The van der Waals surface area contributed by atoms with Crippen molar-refractivity contribution in [2.75, 3.05) is 5.32 Å². The molecule has 2 rings (SSSR count). The van der Waals surface area contributed by atoms with E-state index in [0.717, 1.165) is 12.1 Å². The van der Waals surface area contributed by atoms with Gasteiger partial charge in [-0.3, -0.25) is 9.48 Å². The summed E-state index contributed by atoms with van der Waals surface area (Å²) < 4.78 is 27.1. The van der Waals surface area contributed by atoms with Crippen molar-refractivity contribution < 1.29 is 13.6 Å². The van der Waals surface area contributed by atoms with E-state index >= 15 is 0 Å². The van der Waals surface area contributed by atoms with Gasteiger partial charge in [-0.1, -0.05) is 0 Å². The van der Waals surface area contributed by atoms with Gasteiger partial charge in [0, 0.05) is 13.2 Å². The van der Waals surface area contributed by atoms with Crippen LogP contribution in [0.15, 0.2) is 24.5 Å². The van der Waals surface area contributed by atoms with E-state index in [1.54, 1.807) is 7.05 Å². The molecule has 0 saturated carbocycles. The number of anilines is 1. The number of pyridine rings is 1. The van der Waals surface area contributed by atoms with Gasteiger partial charge in [0.1, 0.15) is 0 Å². The molecule has 0 spiro atoms. The quantitative estimate of drug-likeness (QED) is 0.803. The summed E-state index contributed by atoms with van der Waals surface area (Å²) in [5, 5.41) is 6.07. The van der Waals surface area contributed by atoms with Crippen LogP contribution in [-0.2, 0) is 7.05 Å². The van der Waals surface area contributed by atoms with E-state index in [0.29, 0.717) is 0 Å². The van der Waals surface area contributed by atoms with E-state index in [-0.39, 0.29) is 11.3 Å². The molecule has 0 bridgehead atoms. The number of halogens is 2. The lowest BCUT2D eigenvalue weighted by Gasteiger charge is -2.03. The van der Waals surface area contributed by atoms with Crippen molar-refractivity contribution in [2.45, 2.75) is 0 Å². The van der Waals surface area contributed by atoms with E-state index in [1.807, 2.05) is 0 Å². The molecule has 0 fully saturated rings. The fourth-order valence-electron chi connectivity index (χ4n) is 1.24. The van der Waals surface area contributed by atoms with Gasteiger partial charge in [0.25, 0.3) is 5.91 Å². The van der Waals surface area contributed by atoms with Crippen molar-refractivity contribution in [3.05, 3.63) is 42.0 Å². The van der Waals surface area contributed by atoms with Gasteiger partial charge in [0.2, 0.25) is 11.9 Å². The maximum absolute atomic E-state index is 13.1. The number of rotatable bonds is 2. The Labute approximate surface area is 95.1 Å². The first kappa shape index (κ1) is 11.2. The van der Waals surface area contributed by atoms with Crippen molar-refractivity contribution >= 4 is 11.6 Å². The first-order valence-corrected chi connectivity index (χ1v) is 4.68. The summed E-state index contributed by atoms with van der Waals surface area (Å²) >= 11 is 0. The summed E-state index contributed by atoms with van der Waals surface area (Å²) in [6.07, 6.45) is 2.81. The molecule has 0 radical (unpaired) electrons. The summed E-state index contributed by atoms with van der Waals surface area (Å²) in [4.78, 5) is 14.6. The van der Waals surface area contributed by atoms with Crippen molar-refractivity contribution in [2.24, 2.45) is 7.05 Å². The van der Waals surface area contributed by atoms with Crippen LogP contribution in [0.4, 0.5) is 14.5 Å². The SMILES string of the molecule is Cn1cc(C(=O)Nc2ccc(F)nc2F)cn1. The van der Waals surface area contributed by atoms with Crippen LogP contribution >= 0.6 is 0 Å². The molecule has 17 heavy (non-hydrogen) atoms. The average molecular weight is 238 g/mol. The molecule has 88 valence electrons. The minimum Gasteiger partial charge on any atom is -0.318 e. The van der Waals surface area contributed by atoms with Crippen molar-refractivity contribution in [3.8, 4) is 0 Å². The van der Waals surface area contributed by atoms with Gasteiger partial charge >= 0.3 is 0 Å². The van der Waals surface area contributed by atoms with Gasteiger partial charge in [-0.05, 0) is 12.1 Å². The van der Waals surface area contributed by atoms with E-state index in [2.05, 4.69) is 15.4 Å². The van der Waals surface area contributed by atoms with Gasteiger partial charge in [-0.25, -0.2) is 0 Å². The lowest BCUT2D eigenvalue weighted by atomic mass is 10.3. The molecule has 1 N–H and O–H groups in total. The number of hydrogen-bond donors (Lipinski definition) is 1. The minimum absolute atomic E-state index is 0.180. The highest BCUT2D eigenvalue weighted by atomic mass is 19.1. The molecule has 0 unspecified atom stereocenters. The van der Waals surface area contributed by atoms with Crippen molar-refractivity contribution in [1.82, 2.24) is 14.8 Å². The molecule has 7 heteroatoms. The minimum atomic E-state index is -1.07. The highest BCUT2D eigenvalue weighted by molar-refractivity contribution is 6.03. The van der Waals surface area contributed by atoms with Gasteiger partial charge in [-0.2, -0.15) is 18.9 Å². The number of hydrogen-bond acceptors (Lipinski definition) is 3. The van der Waals surface area contributed by atoms with Gasteiger partial charge in [0.15, 0.2) is 0 Å². The van der Waals surface area contributed by atoms with E-state index in [9.17, 15) is 13.6 Å². The Balaban J connectivity index is 2.18. The van der Waals surface area contributed by atoms with Crippen LogP contribution < -0.4 is 5.32 Å². The zero-order chi connectivity index (χ0) is 12.4. The first-order chi connectivity index (χ1) is 8.06. The molecule has 0 aliphatic carbocycles. The van der Waals surface area contributed by atoms with Crippen LogP contribution in [0, 0.1) is 11.9 Å². The zero-order valence-corrected chi connectivity index (χ0v) is 8.82. The Morgan fingerprint density at radius 3 is 2.76 bits per heavy atom. The fourth-order valence-corrected chi connectivity index (χ4v) is 1.24. The summed E-state index contributed by atoms with van der Waals surface area (Å²) in [6.45, 7) is 0. The van der Waals surface area contributed by atoms with Gasteiger partial charge in [0.05, 0.1) is 17.4 Å². The number of amides is 1. The molecule has 1 amide bonds. The second kappa shape index (κ2) is 4.28. The number of carbonyl (C=O) groups excluding carboxylic acids is 1. The monoisotopic (exact) mass is 238 g/mol. The highest BCUT2D eigenvalue weighted by Gasteiger charge is 2.12. The molecular weight excluding hydrogens is 230 g/mol. The normalized spacial score (nSPS) is 10.3. The molecule has 0 aromatic carbocycles. The number of carbonyl (C=O) groups is 1. The fraction of sp³-hybridized carbons (Fsp3) is 0.100. The third kappa shape index (κ3) is 2.44. The molecular formula is C10H8F2N4O. The van der Waals surface area contributed by atoms with Crippen LogP contribution in [0.2, 0.25) is 0 Å². The Hall–Kier alpha value is -2.31. The first-order valence-electron chi connectivity index (χ1n) is 4.68. The lowest BCUT2D eigenvalue weighted by molar-refractivity contribution is 0.102. The van der Waals surface area contributed by atoms with Crippen LogP contribution in [0.5, 0.6) is 0 Å². The van der Waals surface area contributed by atoms with Crippen molar-refractivity contribution in [1.29, 1.82) is 0 Å². The molecule has 2 aromatic rings. The molecule has 0 aliphatic rings. The maximum atomic E-state index is 13.1. The Morgan fingerprint density at radius 2 is 2.18 bits per heavy atom. The van der Waals surface area contributed by atoms with E-state index in [1.165, 1.54) is 17.1 Å². The van der Waals surface area contributed by atoms with Gasteiger partial charge < -0.3 is 5.32 Å². The maximum Gasteiger partial charge on any atom is 0.258 e. The summed E-state index contributed by atoms with van der Waals surface area (Å²) in [7, 11) is 1.65. The van der Waals surface area contributed by atoms with Crippen LogP contribution in [0.1, 0.15) is 10.4 Å². The van der Waals surface area contributed by atoms with Crippen molar-refractivity contribution in [3.63, 3.8) is 0 Å². The predicted molar refractivity (Wildman–Crippen MR) is 55.3 cm³/mol. The zero-order valence-electron chi connectivity index (χ0n) is 8.82. The number of aryl methyl sites for hydroxylation is 1. The number of aromatic nitrogens is 3. The largest absolute Gasteiger partial charge is 0.318 e. The number of nitrogens with zero attached hydrogens (tertiary/aromatic N) is 3. The third-order valence-corrected chi connectivity index (χ3v) is 2.03. The molecule has 2 aromatic heterocycles. The second-order valence-corrected chi connectivity index (χ2v) is 3.33. The molecule has 5 nitrogen and oxygen atoms in total. The highest BCUT2D eigenvalue weighted by Crippen LogP contribution is 2.13. The second-order valence-electron chi connectivity index (χ2n) is 3.33. The Morgan fingerprint density at radius 1 is 1.41 bits per heavy atom. The van der Waals surface area contributed by atoms with Crippen LogP contribution in [-0.4, -0.2) is 20.7 Å². The van der Waals surface area contributed by atoms with E-state index in [4.69, 9.17) is 0 Å². The third-order valence-electron chi connectivity index (χ3n) is 2.03. The molecule has 0 aliphatic heterocycles. The predicted octanol–water partition coefficient (Wildman–Crippen LogP) is 1.35. The molecule has 2 heterocycles. The van der Waals surface area contributed by atoms with E-state index < -0.39 is 17.8 Å². The van der Waals surface area contributed by atoms with Crippen LogP contribution in [0.3, 0.4) is 0 Å². The molecule has 0 saturated heterocycles. The Kier molecular flexibility index (Phi) is 2.82. The number of nitrogens with one attached hydrogen (secondary N) is 1. The molecule has 0 atom stereocenters. The summed E-state index contributed by atoms with van der Waals surface area (Å²) in [5.41, 5.74) is 0.0940. The average Bonchev–Trinajstić information content (AvgIpc) is 2.69.